The molecule has 0 unspecified atom stereocenters. The van der Waals surface area contributed by atoms with E-state index in [2.05, 4.69) is 20.4 Å². The first kappa shape index (κ1) is 13.3. The van der Waals surface area contributed by atoms with E-state index in [1.807, 2.05) is 24.4 Å². The topological polar surface area (TPSA) is 79.0 Å². The SMILES string of the molecule is Cc1cc(Nc2nc(N3C[C@H]4C[C@@H]3CO4)nc3ccsc23)n[nH]1. The van der Waals surface area contributed by atoms with Gasteiger partial charge in [0, 0.05) is 18.3 Å². The van der Waals surface area contributed by atoms with Gasteiger partial charge in [0.25, 0.3) is 0 Å². The molecular weight excluding hydrogens is 312 g/mol. The van der Waals surface area contributed by atoms with E-state index in [1.54, 1.807) is 11.3 Å². The summed E-state index contributed by atoms with van der Waals surface area (Å²) in [5, 5.41) is 12.6. The van der Waals surface area contributed by atoms with Crippen LogP contribution in [0.4, 0.5) is 17.6 Å². The van der Waals surface area contributed by atoms with Crippen LogP contribution in [-0.4, -0.2) is 45.5 Å². The molecule has 7 nitrogen and oxygen atoms in total. The van der Waals surface area contributed by atoms with Crippen LogP contribution in [-0.2, 0) is 4.74 Å². The molecular formula is C15H16N6OS. The van der Waals surface area contributed by atoms with Crippen molar-refractivity contribution in [3.05, 3.63) is 23.2 Å². The predicted octanol–water partition coefficient (Wildman–Crippen LogP) is 2.44. The number of anilines is 3. The zero-order chi connectivity index (χ0) is 15.4. The van der Waals surface area contributed by atoms with Crippen molar-refractivity contribution >= 4 is 39.1 Å². The maximum absolute atomic E-state index is 5.68. The minimum atomic E-state index is 0.326. The fourth-order valence-corrected chi connectivity index (χ4v) is 4.09. The number of thiophene rings is 1. The summed E-state index contributed by atoms with van der Waals surface area (Å²) in [5.41, 5.74) is 1.98. The monoisotopic (exact) mass is 328 g/mol. The van der Waals surface area contributed by atoms with Gasteiger partial charge in [0.2, 0.25) is 5.95 Å². The van der Waals surface area contributed by atoms with Gasteiger partial charge in [-0.3, -0.25) is 5.10 Å². The fraction of sp³-hybridized carbons (Fsp3) is 0.400. The Kier molecular flexibility index (Phi) is 2.83. The van der Waals surface area contributed by atoms with E-state index in [-0.39, 0.29) is 0 Å². The van der Waals surface area contributed by atoms with Crippen LogP contribution in [0.15, 0.2) is 17.5 Å². The molecule has 0 aromatic carbocycles. The van der Waals surface area contributed by atoms with Crippen LogP contribution in [0.25, 0.3) is 10.2 Å². The molecule has 3 aromatic rings. The van der Waals surface area contributed by atoms with Crippen molar-refractivity contribution in [3.8, 4) is 0 Å². The summed E-state index contributed by atoms with van der Waals surface area (Å²) < 4.78 is 6.73. The molecule has 0 spiro atoms. The minimum Gasteiger partial charge on any atom is -0.374 e. The van der Waals surface area contributed by atoms with Crippen LogP contribution in [0.3, 0.4) is 0 Å². The molecule has 2 atom stereocenters. The first-order chi connectivity index (χ1) is 11.3. The number of H-pyrrole nitrogens is 1. The highest BCUT2D eigenvalue weighted by Crippen LogP contribution is 2.35. The van der Waals surface area contributed by atoms with E-state index in [1.165, 1.54) is 0 Å². The molecule has 2 N–H and O–H groups in total. The molecule has 3 aromatic heterocycles. The van der Waals surface area contributed by atoms with E-state index in [9.17, 15) is 0 Å². The molecule has 0 amide bonds. The number of fused-ring (bicyclic) bond motifs is 3. The molecule has 2 saturated heterocycles. The summed E-state index contributed by atoms with van der Waals surface area (Å²) in [6.45, 7) is 3.63. The molecule has 8 heteroatoms. The molecule has 2 aliphatic heterocycles. The van der Waals surface area contributed by atoms with E-state index >= 15 is 0 Å². The molecule has 2 bridgehead atoms. The normalized spacial score (nSPS) is 23.1. The molecule has 2 aliphatic rings. The van der Waals surface area contributed by atoms with Crippen molar-refractivity contribution in [2.45, 2.75) is 25.5 Å². The second kappa shape index (κ2) is 4.90. The highest BCUT2D eigenvalue weighted by molar-refractivity contribution is 7.17. The van der Waals surface area contributed by atoms with Gasteiger partial charge < -0.3 is 15.0 Å². The summed E-state index contributed by atoms with van der Waals surface area (Å²) in [7, 11) is 0. The Morgan fingerprint density at radius 1 is 1.43 bits per heavy atom. The molecule has 0 radical (unpaired) electrons. The number of nitrogens with one attached hydrogen (secondary N) is 2. The largest absolute Gasteiger partial charge is 0.374 e. The van der Waals surface area contributed by atoms with Crippen molar-refractivity contribution in [3.63, 3.8) is 0 Å². The number of aromatic amines is 1. The predicted molar refractivity (Wildman–Crippen MR) is 89.5 cm³/mol. The van der Waals surface area contributed by atoms with Gasteiger partial charge in [-0.25, -0.2) is 4.98 Å². The Hall–Kier alpha value is -2.19. The summed E-state index contributed by atoms with van der Waals surface area (Å²) in [5.74, 6) is 2.37. The number of rotatable bonds is 3. The van der Waals surface area contributed by atoms with Crippen molar-refractivity contribution in [1.82, 2.24) is 20.2 Å². The second-order valence-electron chi connectivity index (χ2n) is 6.07. The minimum absolute atomic E-state index is 0.326. The molecule has 2 fully saturated rings. The van der Waals surface area contributed by atoms with Crippen LogP contribution in [0.5, 0.6) is 0 Å². The van der Waals surface area contributed by atoms with E-state index in [4.69, 9.17) is 14.7 Å². The maximum Gasteiger partial charge on any atom is 0.228 e. The number of ether oxygens (including phenoxy) is 1. The number of morpholine rings is 1. The number of hydrogen-bond acceptors (Lipinski definition) is 7. The average molecular weight is 328 g/mol. The Morgan fingerprint density at radius 2 is 2.39 bits per heavy atom. The van der Waals surface area contributed by atoms with Crippen molar-refractivity contribution in [2.75, 3.05) is 23.4 Å². The number of nitrogens with zero attached hydrogens (tertiary/aromatic N) is 4. The lowest BCUT2D eigenvalue weighted by molar-refractivity contribution is 0.0986. The summed E-state index contributed by atoms with van der Waals surface area (Å²) in [4.78, 5) is 11.8. The van der Waals surface area contributed by atoms with Gasteiger partial charge >= 0.3 is 0 Å². The smallest absolute Gasteiger partial charge is 0.228 e. The van der Waals surface area contributed by atoms with Gasteiger partial charge in [0.1, 0.15) is 0 Å². The van der Waals surface area contributed by atoms with Crippen molar-refractivity contribution in [1.29, 1.82) is 0 Å². The van der Waals surface area contributed by atoms with Crippen molar-refractivity contribution in [2.24, 2.45) is 0 Å². The maximum atomic E-state index is 5.68. The first-order valence-electron chi connectivity index (χ1n) is 7.69. The third kappa shape index (κ3) is 2.17. The molecule has 23 heavy (non-hydrogen) atoms. The Balaban J connectivity index is 1.56. The lowest BCUT2D eigenvalue weighted by Gasteiger charge is -2.27. The third-order valence-electron chi connectivity index (χ3n) is 4.40. The molecule has 118 valence electrons. The van der Waals surface area contributed by atoms with Crippen LogP contribution >= 0.6 is 11.3 Å². The lowest BCUT2D eigenvalue weighted by atomic mass is 10.2. The quantitative estimate of drug-likeness (QED) is 0.769. The fourth-order valence-electron chi connectivity index (χ4n) is 3.31. The zero-order valence-corrected chi connectivity index (χ0v) is 13.4. The molecule has 5 rings (SSSR count). The highest BCUT2D eigenvalue weighted by Gasteiger charge is 2.40. The van der Waals surface area contributed by atoms with Crippen LogP contribution in [0.1, 0.15) is 12.1 Å². The van der Waals surface area contributed by atoms with Crippen LogP contribution in [0.2, 0.25) is 0 Å². The van der Waals surface area contributed by atoms with Gasteiger partial charge in [-0.2, -0.15) is 10.1 Å². The molecule has 0 aliphatic carbocycles. The first-order valence-corrected chi connectivity index (χ1v) is 8.57. The van der Waals surface area contributed by atoms with Crippen molar-refractivity contribution < 1.29 is 4.74 Å². The number of aromatic nitrogens is 4. The second-order valence-corrected chi connectivity index (χ2v) is 6.98. The van der Waals surface area contributed by atoms with E-state index < -0.39 is 0 Å². The molecule has 0 saturated carbocycles. The molecule has 5 heterocycles. The number of hydrogen-bond donors (Lipinski definition) is 2. The highest BCUT2D eigenvalue weighted by atomic mass is 32.1. The average Bonchev–Trinajstić information content (AvgIpc) is 3.30. The zero-order valence-electron chi connectivity index (χ0n) is 12.6. The van der Waals surface area contributed by atoms with Crippen LogP contribution in [0, 0.1) is 6.92 Å². The van der Waals surface area contributed by atoms with Crippen LogP contribution < -0.4 is 10.2 Å². The lowest BCUT2D eigenvalue weighted by Crippen LogP contribution is -2.38. The van der Waals surface area contributed by atoms with Gasteiger partial charge in [-0.15, -0.1) is 11.3 Å². The standard InChI is InChI=1S/C15H16N6OS/c1-8-4-12(20-19-8)17-14-13-11(2-3-23-13)16-15(18-14)21-6-10-5-9(21)7-22-10/h2-4,9-10H,5-7H2,1H3,(H2,16,17,18,19,20)/t9-,10-/m1/s1. The van der Waals surface area contributed by atoms with Gasteiger partial charge in [0.15, 0.2) is 11.6 Å². The van der Waals surface area contributed by atoms with E-state index in [0.717, 1.165) is 53.1 Å². The van der Waals surface area contributed by atoms with Gasteiger partial charge in [-0.05, 0) is 24.8 Å². The third-order valence-corrected chi connectivity index (χ3v) is 5.31. The van der Waals surface area contributed by atoms with Gasteiger partial charge in [0.05, 0.1) is 29.0 Å². The Morgan fingerprint density at radius 3 is 3.13 bits per heavy atom. The Labute approximate surface area is 136 Å². The van der Waals surface area contributed by atoms with E-state index in [0.29, 0.717) is 12.1 Å². The number of aryl methyl sites for hydroxylation is 1. The van der Waals surface area contributed by atoms with Gasteiger partial charge in [-0.1, -0.05) is 0 Å². The summed E-state index contributed by atoms with van der Waals surface area (Å²) in [6, 6.07) is 4.40. The Bertz CT molecular complexity index is 874. The summed E-state index contributed by atoms with van der Waals surface area (Å²) >= 11 is 1.64. The summed E-state index contributed by atoms with van der Waals surface area (Å²) in [6.07, 6.45) is 1.40.